The topological polar surface area (TPSA) is 101 Å². The molecule has 7 nitrogen and oxygen atoms in total. The second-order valence-corrected chi connectivity index (χ2v) is 4.09. The van der Waals surface area contributed by atoms with Gasteiger partial charge in [-0.05, 0) is 26.0 Å². The van der Waals surface area contributed by atoms with E-state index in [4.69, 9.17) is 14.3 Å². The Hall–Kier alpha value is -2.02. The second-order valence-electron chi connectivity index (χ2n) is 4.09. The van der Waals surface area contributed by atoms with Crippen molar-refractivity contribution >= 4 is 12.0 Å². The van der Waals surface area contributed by atoms with Crippen molar-refractivity contribution in [3.8, 4) is 0 Å². The highest BCUT2D eigenvalue weighted by Crippen LogP contribution is 2.15. The number of urea groups is 1. The van der Waals surface area contributed by atoms with Crippen LogP contribution >= 0.6 is 0 Å². The number of rotatable bonds is 6. The van der Waals surface area contributed by atoms with Crippen LogP contribution in [0.4, 0.5) is 4.79 Å². The molecular formula is C12H18N2O5. The minimum absolute atomic E-state index is 0.110. The number of nitrogens with one attached hydrogen (secondary N) is 2. The molecule has 0 saturated carbocycles. The summed E-state index contributed by atoms with van der Waals surface area (Å²) >= 11 is 0. The molecule has 1 aromatic rings. The van der Waals surface area contributed by atoms with Crippen LogP contribution in [0.1, 0.15) is 24.5 Å². The standard InChI is InChI=1S/C12H18N2O5/c1-7-4-5-9(19-7)8(2)14-12(17)13-6-10(18-3)11(15)16/h4-5,8,10H,6H2,1-3H3,(H,15,16)(H2,13,14,17). The maximum atomic E-state index is 11.6. The average molecular weight is 270 g/mol. The fourth-order valence-corrected chi connectivity index (χ4v) is 1.46. The molecule has 0 bridgehead atoms. The molecule has 0 spiro atoms. The zero-order valence-electron chi connectivity index (χ0n) is 11.1. The Bertz CT molecular complexity index is 443. The Kier molecular flexibility index (Phi) is 5.37. The van der Waals surface area contributed by atoms with E-state index in [-0.39, 0.29) is 12.6 Å². The van der Waals surface area contributed by atoms with E-state index in [1.807, 2.05) is 6.92 Å². The number of amides is 2. The average Bonchev–Trinajstić information content (AvgIpc) is 2.76. The number of aryl methyl sites for hydroxylation is 1. The van der Waals surface area contributed by atoms with E-state index in [0.29, 0.717) is 5.76 Å². The second kappa shape index (κ2) is 6.79. The van der Waals surface area contributed by atoms with Crippen LogP contribution in [-0.4, -0.2) is 36.9 Å². The number of aliphatic carboxylic acids is 1. The molecule has 1 rings (SSSR count). The third-order valence-electron chi connectivity index (χ3n) is 2.54. The number of hydrogen-bond acceptors (Lipinski definition) is 4. The predicted molar refractivity (Wildman–Crippen MR) is 66.8 cm³/mol. The van der Waals surface area contributed by atoms with E-state index in [2.05, 4.69) is 10.6 Å². The first-order valence-electron chi connectivity index (χ1n) is 5.80. The number of carboxylic acids is 1. The lowest BCUT2D eigenvalue weighted by atomic mass is 10.2. The number of carbonyl (C=O) groups excluding carboxylic acids is 1. The van der Waals surface area contributed by atoms with Gasteiger partial charge in [0.1, 0.15) is 11.5 Å². The molecule has 106 valence electrons. The van der Waals surface area contributed by atoms with Gasteiger partial charge in [0.2, 0.25) is 0 Å². The lowest BCUT2D eigenvalue weighted by molar-refractivity contribution is -0.147. The Labute approximate surface area is 110 Å². The van der Waals surface area contributed by atoms with Crippen LogP contribution in [0.3, 0.4) is 0 Å². The van der Waals surface area contributed by atoms with Crippen molar-refractivity contribution in [1.82, 2.24) is 10.6 Å². The molecule has 0 aliphatic rings. The first kappa shape index (κ1) is 15.0. The Balaban J connectivity index is 2.41. The highest BCUT2D eigenvalue weighted by atomic mass is 16.5. The predicted octanol–water partition coefficient (Wildman–Crippen LogP) is 1.05. The number of hydrogen-bond donors (Lipinski definition) is 3. The van der Waals surface area contributed by atoms with Gasteiger partial charge >= 0.3 is 12.0 Å². The van der Waals surface area contributed by atoms with E-state index in [0.717, 1.165) is 5.76 Å². The molecule has 1 heterocycles. The molecule has 3 N–H and O–H groups in total. The van der Waals surface area contributed by atoms with Crippen molar-refractivity contribution in [1.29, 1.82) is 0 Å². The monoisotopic (exact) mass is 270 g/mol. The van der Waals surface area contributed by atoms with Crippen LogP contribution in [0, 0.1) is 6.92 Å². The Morgan fingerprint density at radius 3 is 2.63 bits per heavy atom. The Morgan fingerprint density at radius 1 is 1.47 bits per heavy atom. The highest BCUT2D eigenvalue weighted by molar-refractivity contribution is 5.77. The fourth-order valence-electron chi connectivity index (χ4n) is 1.46. The molecule has 0 fully saturated rings. The number of furan rings is 1. The van der Waals surface area contributed by atoms with Crippen molar-refractivity contribution < 1.29 is 23.8 Å². The lowest BCUT2D eigenvalue weighted by Gasteiger charge is -2.15. The maximum Gasteiger partial charge on any atom is 0.334 e. The van der Waals surface area contributed by atoms with Gasteiger partial charge in [-0.1, -0.05) is 0 Å². The molecule has 19 heavy (non-hydrogen) atoms. The minimum atomic E-state index is -1.13. The lowest BCUT2D eigenvalue weighted by Crippen LogP contribution is -2.43. The third kappa shape index (κ3) is 4.63. The molecule has 2 atom stereocenters. The van der Waals surface area contributed by atoms with Gasteiger partial charge in [-0.2, -0.15) is 0 Å². The van der Waals surface area contributed by atoms with Gasteiger partial charge in [0.25, 0.3) is 0 Å². The van der Waals surface area contributed by atoms with Gasteiger partial charge < -0.3 is 24.9 Å². The summed E-state index contributed by atoms with van der Waals surface area (Å²) in [6.07, 6.45) is -1.06. The minimum Gasteiger partial charge on any atom is -0.479 e. The van der Waals surface area contributed by atoms with Crippen molar-refractivity contribution in [2.75, 3.05) is 13.7 Å². The van der Waals surface area contributed by atoms with E-state index in [1.165, 1.54) is 7.11 Å². The molecule has 2 amide bonds. The van der Waals surface area contributed by atoms with Crippen molar-refractivity contribution in [2.24, 2.45) is 0 Å². The zero-order valence-corrected chi connectivity index (χ0v) is 11.1. The third-order valence-corrected chi connectivity index (χ3v) is 2.54. The number of ether oxygens (including phenoxy) is 1. The fraction of sp³-hybridized carbons (Fsp3) is 0.500. The molecular weight excluding hydrogens is 252 g/mol. The number of methoxy groups -OCH3 is 1. The van der Waals surface area contributed by atoms with E-state index < -0.39 is 18.1 Å². The quantitative estimate of drug-likeness (QED) is 0.717. The van der Waals surface area contributed by atoms with Crippen molar-refractivity contribution in [3.05, 3.63) is 23.7 Å². The number of carboxylic acid groups (broad SMARTS) is 1. The summed E-state index contributed by atoms with van der Waals surface area (Å²) in [4.78, 5) is 22.2. The summed E-state index contributed by atoms with van der Waals surface area (Å²) in [5.41, 5.74) is 0. The molecule has 0 radical (unpaired) electrons. The van der Waals surface area contributed by atoms with Gasteiger partial charge in [0.05, 0.1) is 12.6 Å². The van der Waals surface area contributed by atoms with Crippen LogP contribution in [-0.2, 0) is 9.53 Å². The first-order chi connectivity index (χ1) is 8.93. The van der Waals surface area contributed by atoms with Crippen molar-refractivity contribution in [2.45, 2.75) is 26.0 Å². The first-order valence-corrected chi connectivity index (χ1v) is 5.80. The van der Waals surface area contributed by atoms with E-state index >= 15 is 0 Å². The van der Waals surface area contributed by atoms with Crippen molar-refractivity contribution in [3.63, 3.8) is 0 Å². The zero-order chi connectivity index (χ0) is 14.4. The van der Waals surface area contributed by atoms with Crippen LogP contribution in [0.15, 0.2) is 16.5 Å². The largest absolute Gasteiger partial charge is 0.479 e. The molecule has 0 aliphatic heterocycles. The van der Waals surface area contributed by atoms with Gasteiger partial charge in [-0.25, -0.2) is 9.59 Å². The molecule has 0 aromatic carbocycles. The summed E-state index contributed by atoms with van der Waals surface area (Å²) in [5, 5.41) is 13.8. The maximum absolute atomic E-state index is 11.6. The van der Waals surface area contributed by atoms with Crippen LogP contribution in [0.5, 0.6) is 0 Å². The molecule has 0 saturated heterocycles. The summed E-state index contributed by atoms with van der Waals surface area (Å²) in [7, 11) is 1.27. The summed E-state index contributed by atoms with van der Waals surface area (Å²) < 4.78 is 10.1. The van der Waals surface area contributed by atoms with Crippen LogP contribution in [0.25, 0.3) is 0 Å². The highest BCUT2D eigenvalue weighted by Gasteiger charge is 2.18. The normalized spacial score (nSPS) is 13.6. The smallest absolute Gasteiger partial charge is 0.334 e. The Morgan fingerprint density at radius 2 is 2.16 bits per heavy atom. The van der Waals surface area contributed by atoms with Gasteiger partial charge in [0.15, 0.2) is 6.10 Å². The van der Waals surface area contributed by atoms with Gasteiger partial charge in [-0.3, -0.25) is 0 Å². The van der Waals surface area contributed by atoms with E-state index in [9.17, 15) is 9.59 Å². The van der Waals surface area contributed by atoms with Crippen LogP contribution in [0.2, 0.25) is 0 Å². The summed E-state index contributed by atoms with van der Waals surface area (Å²) in [6, 6.07) is 2.79. The molecule has 1 aromatic heterocycles. The number of carbonyl (C=O) groups is 2. The summed E-state index contributed by atoms with van der Waals surface area (Å²) in [6.45, 7) is 3.47. The molecule has 0 aliphatic carbocycles. The SMILES string of the molecule is COC(CNC(=O)NC(C)c1ccc(C)o1)C(=O)O. The van der Waals surface area contributed by atoms with Gasteiger partial charge in [0, 0.05) is 7.11 Å². The van der Waals surface area contributed by atoms with Gasteiger partial charge in [-0.15, -0.1) is 0 Å². The molecule has 2 unspecified atom stereocenters. The summed E-state index contributed by atoms with van der Waals surface area (Å²) in [5.74, 6) is 0.265. The van der Waals surface area contributed by atoms with E-state index in [1.54, 1.807) is 19.1 Å². The molecule has 7 heteroatoms. The van der Waals surface area contributed by atoms with Crippen LogP contribution < -0.4 is 10.6 Å².